The van der Waals surface area contributed by atoms with Crippen LogP contribution in [0, 0.1) is 0 Å². The van der Waals surface area contributed by atoms with Gasteiger partial charge in [0.15, 0.2) is 11.0 Å². The van der Waals surface area contributed by atoms with Crippen molar-refractivity contribution in [3.05, 3.63) is 54.4 Å². The number of fused-ring (bicyclic) bond motifs is 1. The molecule has 0 aliphatic heterocycles. The van der Waals surface area contributed by atoms with Gasteiger partial charge in [-0.2, -0.15) is 10.1 Å². The molecule has 0 radical (unpaired) electrons. The minimum atomic E-state index is -2.65. The van der Waals surface area contributed by atoms with Crippen molar-refractivity contribution in [2.45, 2.75) is 16.5 Å². The molecule has 0 atom stereocenters. The lowest BCUT2D eigenvalue weighted by atomic mass is 10.3. The molecule has 0 spiro atoms. The van der Waals surface area contributed by atoms with E-state index >= 15 is 0 Å². The quantitative estimate of drug-likeness (QED) is 0.360. The molecule has 1 aromatic carbocycles. The van der Waals surface area contributed by atoms with Crippen LogP contribution >= 0.6 is 23.4 Å². The highest BCUT2D eigenvalue weighted by molar-refractivity contribution is 7.99. The fourth-order valence-electron chi connectivity index (χ4n) is 2.58. The summed E-state index contributed by atoms with van der Waals surface area (Å²) < 4.78 is 27.3. The van der Waals surface area contributed by atoms with Crippen LogP contribution in [0.1, 0.15) is 12.1 Å². The summed E-state index contributed by atoms with van der Waals surface area (Å²) in [7, 11) is 0. The van der Waals surface area contributed by atoms with Gasteiger partial charge in [0.2, 0.25) is 11.9 Å². The Balaban J connectivity index is 1.56. The third kappa shape index (κ3) is 4.52. The van der Waals surface area contributed by atoms with Crippen LogP contribution in [0.15, 0.2) is 58.7 Å². The molecule has 3 aromatic heterocycles. The van der Waals surface area contributed by atoms with Crippen molar-refractivity contribution in [1.82, 2.24) is 24.6 Å². The molecule has 0 aliphatic rings. The molecule has 0 bridgehead atoms. The zero-order chi connectivity index (χ0) is 21.1. The Bertz CT molecular complexity index is 1180. The van der Waals surface area contributed by atoms with Crippen LogP contribution in [0.4, 0.5) is 26.2 Å². The number of nitrogens with one attached hydrogen (secondary N) is 3. The zero-order valence-corrected chi connectivity index (χ0v) is 16.7. The SMILES string of the molecule is O=C(CCl)Nc1ccc(Sc2nc(Nc3cc(C(F)F)[nH]n3)n3cccc3n2)cc1. The lowest BCUT2D eigenvalue weighted by molar-refractivity contribution is -0.113. The second kappa shape index (κ2) is 8.67. The lowest BCUT2D eigenvalue weighted by Gasteiger charge is -2.09. The second-order valence-electron chi connectivity index (χ2n) is 6.01. The molecule has 3 heterocycles. The van der Waals surface area contributed by atoms with Crippen molar-refractivity contribution in [2.75, 3.05) is 16.5 Å². The number of rotatable bonds is 7. The first-order chi connectivity index (χ1) is 14.5. The number of hydrogen-bond donors (Lipinski definition) is 3. The van der Waals surface area contributed by atoms with Crippen LogP contribution in [0.3, 0.4) is 0 Å². The summed E-state index contributed by atoms with van der Waals surface area (Å²) in [4.78, 5) is 21.2. The van der Waals surface area contributed by atoms with E-state index in [0.29, 0.717) is 22.4 Å². The number of nitrogens with zero attached hydrogens (tertiary/aromatic N) is 4. The van der Waals surface area contributed by atoms with E-state index in [1.165, 1.54) is 17.8 Å². The molecular formula is C18H14ClF2N7OS. The summed E-state index contributed by atoms with van der Waals surface area (Å²) in [5.74, 6) is 0.190. The Morgan fingerprint density at radius 3 is 2.73 bits per heavy atom. The zero-order valence-electron chi connectivity index (χ0n) is 15.1. The van der Waals surface area contributed by atoms with Gasteiger partial charge in [-0.05, 0) is 48.2 Å². The van der Waals surface area contributed by atoms with Gasteiger partial charge in [0.05, 0.1) is 0 Å². The van der Waals surface area contributed by atoms with Gasteiger partial charge < -0.3 is 10.6 Å². The molecule has 4 rings (SSSR count). The highest BCUT2D eigenvalue weighted by Gasteiger charge is 2.14. The molecule has 0 saturated carbocycles. The maximum atomic E-state index is 12.8. The average Bonchev–Trinajstić information content (AvgIpc) is 3.39. The summed E-state index contributed by atoms with van der Waals surface area (Å²) in [5, 5.41) is 12.2. The number of carbonyl (C=O) groups is 1. The maximum absolute atomic E-state index is 12.8. The molecule has 0 unspecified atom stereocenters. The van der Waals surface area contributed by atoms with Crippen LogP contribution < -0.4 is 10.6 Å². The highest BCUT2D eigenvalue weighted by Crippen LogP contribution is 2.28. The van der Waals surface area contributed by atoms with E-state index in [1.54, 1.807) is 34.9 Å². The van der Waals surface area contributed by atoms with E-state index in [9.17, 15) is 13.6 Å². The van der Waals surface area contributed by atoms with E-state index < -0.39 is 6.43 Å². The van der Waals surface area contributed by atoms with E-state index in [4.69, 9.17) is 11.6 Å². The van der Waals surface area contributed by atoms with Gasteiger partial charge in [0, 0.05) is 22.8 Å². The largest absolute Gasteiger partial charge is 0.325 e. The van der Waals surface area contributed by atoms with E-state index in [-0.39, 0.29) is 23.3 Å². The molecule has 0 aliphatic carbocycles. The molecule has 12 heteroatoms. The number of halogens is 3. The van der Waals surface area contributed by atoms with Gasteiger partial charge in [0.1, 0.15) is 17.2 Å². The normalized spacial score (nSPS) is 11.2. The smallest absolute Gasteiger partial charge is 0.279 e. The minimum Gasteiger partial charge on any atom is -0.325 e. The van der Waals surface area contributed by atoms with Gasteiger partial charge in [-0.1, -0.05) is 0 Å². The summed E-state index contributed by atoms with van der Waals surface area (Å²) in [5.41, 5.74) is 0.973. The summed E-state index contributed by atoms with van der Waals surface area (Å²) in [6.07, 6.45) is -0.894. The second-order valence-corrected chi connectivity index (χ2v) is 7.32. The van der Waals surface area contributed by atoms with Crippen LogP contribution in [0.5, 0.6) is 0 Å². The number of aromatic nitrogens is 5. The molecule has 154 valence electrons. The van der Waals surface area contributed by atoms with Crippen LogP contribution in [-0.2, 0) is 4.79 Å². The monoisotopic (exact) mass is 449 g/mol. The molecule has 8 nitrogen and oxygen atoms in total. The third-order valence-corrected chi connectivity index (χ3v) is 5.02. The molecule has 4 aromatic rings. The minimum absolute atomic E-state index is 0.119. The number of amides is 1. The predicted molar refractivity (Wildman–Crippen MR) is 110 cm³/mol. The van der Waals surface area contributed by atoms with E-state index in [0.717, 1.165) is 4.90 Å². The number of anilines is 3. The Kier molecular flexibility index (Phi) is 5.81. The summed E-state index contributed by atoms with van der Waals surface area (Å²) >= 11 is 6.80. The van der Waals surface area contributed by atoms with Crippen LogP contribution in [-0.4, -0.2) is 36.4 Å². The number of aromatic amines is 1. The molecule has 30 heavy (non-hydrogen) atoms. The number of H-pyrrole nitrogens is 1. The van der Waals surface area contributed by atoms with Gasteiger partial charge in [-0.25, -0.2) is 13.8 Å². The molecular weight excluding hydrogens is 436 g/mol. The predicted octanol–water partition coefficient (Wildman–Crippen LogP) is 4.46. The number of benzene rings is 1. The molecule has 1 amide bonds. The first-order valence-electron chi connectivity index (χ1n) is 8.61. The van der Waals surface area contributed by atoms with Gasteiger partial charge >= 0.3 is 0 Å². The van der Waals surface area contributed by atoms with Crippen LogP contribution in [0.2, 0.25) is 0 Å². The standard InChI is InChI=1S/C18H14ClF2N7OS/c19-9-15(29)22-10-3-5-11(6-4-10)30-18-24-14-2-1-7-28(14)17(25-18)23-13-8-12(16(20)21)26-27-13/h1-8,16H,9H2,(H,22,29)(H2,23,24,25,26,27). The van der Waals surface area contributed by atoms with Crippen molar-refractivity contribution in [3.63, 3.8) is 0 Å². The Morgan fingerprint density at radius 1 is 1.23 bits per heavy atom. The van der Waals surface area contributed by atoms with Crippen LogP contribution in [0.25, 0.3) is 5.65 Å². The summed E-state index contributed by atoms with van der Waals surface area (Å²) in [6.45, 7) is 0. The number of hydrogen-bond acceptors (Lipinski definition) is 6. The number of carbonyl (C=O) groups excluding carboxylic acids is 1. The van der Waals surface area contributed by atoms with Crippen molar-refractivity contribution in [2.24, 2.45) is 0 Å². The molecule has 3 N–H and O–H groups in total. The highest BCUT2D eigenvalue weighted by atomic mass is 35.5. The third-order valence-electron chi connectivity index (χ3n) is 3.91. The topological polar surface area (TPSA) is 100 Å². The average molecular weight is 450 g/mol. The van der Waals surface area contributed by atoms with Crippen molar-refractivity contribution < 1.29 is 13.6 Å². The van der Waals surface area contributed by atoms with E-state index in [2.05, 4.69) is 30.8 Å². The maximum Gasteiger partial charge on any atom is 0.279 e. The fourth-order valence-corrected chi connectivity index (χ4v) is 3.40. The first-order valence-corrected chi connectivity index (χ1v) is 9.96. The van der Waals surface area contributed by atoms with E-state index in [1.807, 2.05) is 12.1 Å². The van der Waals surface area contributed by atoms with Crippen molar-refractivity contribution in [3.8, 4) is 0 Å². The lowest BCUT2D eigenvalue weighted by Crippen LogP contribution is -2.12. The Morgan fingerprint density at radius 2 is 2.03 bits per heavy atom. The van der Waals surface area contributed by atoms with Crippen molar-refractivity contribution >= 4 is 52.4 Å². The Labute approximate surface area is 178 Å². The van der Waals surface area contributed by atoms with Gasteiger partial charge in [-0.3, -0.25) is 14.3 Å². The Hall–Kier alpha value is -3.18. The van der Waals surface area contributed by atoms with Gasteiger partial charge in [-0.15, -0.1) is 11.6 Å². The first kappa shape index (κ1) is 20.1. The fraction of sp³-hybridized carbons (Fsp3) is 0.111. The molecule has 0 fully saturated rings. The number of alkyl halides is 3. The summed E-state index contributed by atoms with van der Waals surface area (Å²) in [6, 6.07) is 12.0. The van der Waals surface area contributed by atoms with Crippen molar-refractivity contribution in [1.29, 1.82) is 0 Å². The molecule has 0 saturated heterocycles. The van der Waals surface area contributed by atoms with Gasteiger partial charge in [0.25, 0.3) is 6.43 Å².